The Labute approximate surface area is 109 Å². The fourth-order valence-corrected chi connectivity index (χ4v) is 1.81. The van der Waals surface area contributed by atoms with Gasteiger partial charge in [-0.05, 0) is 23.8 Å². The number of allylic oxidation sites excluding steroid dienone is 1. The monoisotopic (exact) mass is 252 g/mol. The van der Waals surface area contributed by atoms with E-state index in [1.54, 1.807) is 0 Å². The molecular formula is C15H21ClO. The molecule has 0 bridgehead atoms. The van der Waals surface area contributed by atoms with Crippen LogP contribution in [0.25, 0.3) is 0 Å². The Hall–Kier alpha value is -0.790. The molecule has 0 saturated heterocycles. The molecule has 1 aromatic rings. The molecule has 1 nitrogen and oxygen atoms in total. The molecule has 0 aliphatic carbocycles. The van der Waals surface area contributed by atoms with Gasteiger partial charge in [-0.15, -0.1) is 18.2 Å². The lowest BCUT2D eigenvalue weighted by Crippen LogP contribution is -2.15. The van der Waals surface area contributed by atoms with Crippen LogP contribution in [0.5, 0.6) is 0 Å². The molecule has 2 heteroatoms. The Morgan fingerprint density at radius 2 is 2.06 bits per heavy atom. The van der Waals surface area contributed by atoms with Gasteiger partial charge in [0, 0.05) is 12.5 Å². The van der Waals surface area contributed by atoms with Crippen LogP contribution in [-0.2, 0) is 11.3 Å². The quantitative estimate of drug-likeness (QED) is 0.378. The maximum atomic E-state index is 5.91. The van der Waals surface area contributed by atoms with Gasteiger partial charge in [0.05, 0.1) is 6.61 Å². The SMILES string of the molecule is C=CC(C)(CCl)CCCOCc1ccccc1. The number of benzene rings is 1. The molecule has 0 radical (unpaired) electrons. The molecule has 0 heterocycles. The topological polar surface area (TPSA) is 9.23 Å². The minimum absolute atomic E-state index is 0.0393. The highest BCUT2D eigenvalue weighted by atomic mass is 35.5. The average Bonchev–Trinajstić information content (AvgIpc) is 2.39. The molecule has 1 unspecified atom stereocenters. The van der Waals surface area contributed by atoms with Crippen molar-refractivity contribution >= 4 is 11.6 Å². The lowest BCUT2D eigenvalue weighted by atomic mass is 9.88. The first-order valence-corrected chi connectivity index (χ1v) is 6.55. The van der Waals surface area contributed by atoms with Gasteiger partial charge >= 0.3 is 0 Å². The number of ether oxygens (including phenoxy) is 1. The van der Waals surface area contributed by atoms with Crippen LogP contribution in [-0.4, -0.2) is 12.5 Å². The van der Waals surface area contributed by atoms with Crippen LogP contribution in [0.2, 0.25) is 0 Å². The fraction of sp³-hybridized carbons (Fsp3) is 0.467. The van der Waals surface area contributed by atoms with E-state index < -0.39 is 0 Å². The minimum Gasteiger partial charge on any atom is -0.377 e. The second kappa shape index (κ2) is 7.52. The van der Waals surface area contributed by atoms with E-state index in [-0.39, 0.29) is 5.41 Å². The minimum atomic E-state index is 0.0393. The van der Waals surface area contributed by atoms with Crippen LogP contribution < -0.4 is 0 Å². The maximum absolute atomic E-state index is 5.91. The zero-order valence-corrected chi connectivity index (χ0v) is 11.2. The molecule has 1 aromatic carbocycles. The summed E-state index contributed by atoms with van der Waals surface area (Å²) in [5.41, 5.74) is 1.26. The van der Waals surface area contributed by atoms with Gasteiger partial charge < -0.3 is 4.74 Å². The highest BCUT2D eigenvalue weighted by molar-refractivity contribution is 6.18. The number of alkyl halides is 1. The van der Waals surface area contributed by atoms with Gasteiger partial charge in [-0.2, -0.15) is 0 Å². The fourth-order valence-electron chi connectivity index (χ4n) is 1.57. The van der Waals surface area contributed by atoms with Gasteiger partial charge in [-0.1, -0.05) is 43.3 Å². The largest absolute Gasteiger partial charge is 0.377 e. The first kappa shape index (κ1) is 14.3. The van der Waals surface area contributed by atoms with Crippen molar-refractivity contribution < 1.29 is 4.74 Å². The second-order valence-corrected chi connectivity index (χ2v) is 4.90. The van der Waals surface area contributed by atoms with Crippen LogP contribution >= 0.6 is 11.6 Å². The molecule has 0 aliphatic rings. The summed E-state index contributed by atoms with van der Waals surface area (Å²) in [6.45, 7) is 7.41. The van der Waals surface area contributed by atoms with Crippen LogP contribution in [0, 0.1) is 5.41 Å². The summed E-state index contributed by atoms with van der Waals surface area (Å²) in [4.78, 5) is 0. The number of halogens is 1. The number of hydrogen-bond donors (Lipinski definition) is 0. The first-order chi connectivity index (χ1) is 8.20. The van der Waals surface area contributed by atoms with E-state index in [0.29, 0.717) is 12.5 Å². The van der Waals surface area contributed by atoms with Crippen LogP contribution in [0.4, 0.5) is 0 Å². The molecule has 0 aliphatic heterocycles. The lowest BCUT2D eigenvalue weighted by Gasteiger charge is -2.22. The van der Waals surface area contributed by atoms with Gasteiger partial charge in [-0.25, -0.2) is 0 Å². The molecule has 0 amide bonds. The standard InChI is InChI=1S/C15H21ClO/c1-3-15(2,13-16)10-7-11-17-12-14-8-5-4-6-9-14/h3-6,8-9H,1,7,10-13H2,2H3. The van der Waals surface area contributed by atoms with Crippen molar-refractivity contribution in [1.82, 2.24) is 0 Å². The lowest BCUT2D eigenvalue weighted by molar-refractivity contribution is 0.112. The van der Waals surface area contributed by atoms with E-state index in [1.165, 1.54) is 5.56 Å². The molecule has 0 N–H and O–H groups in total. The van der Waals surface area contributed by atoms with Gasteiger partial charge in [0.15, 0.2) is 0 Å². The van der Waals surface area contributed by atoms with E-state index in [1.807, 2.05) is 24.3 Å². The predicted molar refractivity (Wildman–Crippen MR) is 74.4 cm³/mol. The highest BCUT2D eigenvalue weighted by Gasteiger charge is 2.17. The summed E-state index contributed by atoms with van der Waals surface area (Å²) < 4.78 is 5.63. The van der Waals surface area contributed by atoms with Crippen molar-refractivity contribution in [2.24, 2.45) is 5.41 Å². The van der Waals surface area contributed by atoms with E-state index in [0.717, 1.165) is 19.4 Å². The van der Waals surface area contributed by atoms with Crippen LogP contribution in [0.3, 0.4) is 0 Å². The maximum Gasteiger partial charge on any atom is 0.0716 e. The van der Waals surface area contributed by atoms with E-state index in [2.05, 4.69) is 25.6 Å². The molecule has 1 atom stereocenters. The third-order valence-electron chi connectivity index (χ3n) is 2.95. The van der Waals surface area contributed by atoms with Crippen molar-refractivity contribution in [3.05, 3.63) is 48.6 Å². The van der Waals surface area contributed by atoms with Crippen molar-refractivity contribution in [3.8, 4) is 0 Å². The van der Waals surface area contributed by atoms with Crippen molar-refractivity contribution in [2.75, 3.05) is 12.5 Å². The third kappa shape index (κ3) is 5.38. The first-order valence-electron chi connectivity index (χ1n) is 6.01. The number of rotatable bonds is 8. The summed E-state index contributed by atoms with van der Waals surface area (Å²) in [5.74, 6) is 0.620. The summed E-state index contributed by atoms with van der Waals surface area (Å²) in [7, 11) is 0. The molecule has 1 rings (SSSR count). The number of hydrogen-bond acceptors (Lipinski definition) is 1. The van der Waals surface area contributed by atoms with Gasteiger partial charge in [-0.3, -0.25) is 0 Å². The molecular weight excluding hydrogens is 232 g/mol. The van der Waals surface area contributed by atoms with Crippen molar-refractivity contribution in [3.63, 3.8) is 0 Å². The van der Waals surface area contributed by atoms with Crippen LogP contribution in [0.1, 0.15) is 25.3 Å². The molecule has 17 heavy (non-hydrogen) atoms. The van der Waals surface area contributed by atoms with Gasteiger partial charge in [0.1, 0.15) is 0 Å². The van der Waals surface area contributed by atoms with E-state index in [9.17, 15) is 0 Å². The molecule has 0 fully saturated rings. The summed E-state index contributed by atoms with van der Waals surface area (Å²) in [5, 5.41) is 0. The summed E-state index contributed by atoms with van der Waals surface area (Å²) in [6, 6.07) is 10.2. The third-order valence-corrected chi connectivity index (χ3v) is 3.56. The highest BCUT2D eigenvalue weighted by Crippen LogP contribution is 2.25. The molecule has 94 valence electrons. The van der Waals surface area contributed by atoms with E-state index in [4.69, 9.17) is 16.3 Å². The Bertz CT molecular complexity index is 323. The summed E-state index contributed by atoms with van der Waals surface area (Å²) >= 11 is 5.91. The predicted octanol–water partition coefficient (Wildman–Crippen LogP) is 4.41. The second-order valence-electron chi connectivity index (χ2n) is 4.63. The van der Waals surface area contributed by atoms with Gasteiger partial charge in [0.2, 0.25) is 0 Å². The Kier molecular flexibility index (Phi) is 6.31. The van der Waals surface area contributed by atoms with E-state index >= 15 is 0 Å². The molecule has 0 saturated carbocycles. The van der Waals surface area contributed by atoms with Crippen molar-refractivity contribution in [2.45, 2.75) is 26.4 Å². The smallest absolute Gasteiger partial charge is 0.0716 e. The zero-order valence-electron chi connectivity index (χ0n) is 10.5. The summed E-state index contributed by atoms with van der Waals surface area (Å²) in [6.07, 6.45) is 3.98. The molecule has 0 spiro atoms. The van der Waals surface area contributed by atoms with Crippen molar-refractivity contribution in [1.29, 1.82) is 0 Å². The Morgan fingerprint density at radius 3 is 2.65 bits per heavy atom. The Morgan fingerprint density at radius 1 is 1.35 bits per heavy atom. The van der Waals surface area contributed by atoms with Gasteiger partial charge in [0.25, 0.3) is 0 Å². The Balaban J connectivity index is 2.15. The zero-order chi connectivity index (χ0) is 12.6. The molecule has 0 aromatic heterocycles. The normalized spacial score (nSPS) is 14.2. The van der Waals surface area contributed by atoms with Crippen LogP contribution in [0.15, 0.2) is 43.0 Å². The average molecular weight is 253 g/mol.